The maximum Gasteiger partial charge on any atom is 0.276 e. The first kappa shape index (κ1) is 27.4. The Balaban J connectivity index is 1.36. The van der Waals surface area contributed by atoms with Gasteiger partial charge in [-0.05, 0) is 34.4 Å². The number of rotatable bonds is 8. The van der Waals surface area contributed by atoms with E-state index in [0.717, 1.165) is 33.2 Å². The zero-order valence-electron chi connectivity index (χ0n) is 23.7. The summed E-state index contributed by atoms with van der Waals surface area (Å²) in [5.74, 6) is -0.319. The molecule has 1 amide bonds. The van der Waals surface area contributed by atoms with Crippen molar-refractivity contribution in [1.29, 1.82) is 0 Å². The van der Waals surface area contributed by atoms with Crippen molar-refractivity contribution in [2.45, 2.75) is 12.1 Å². The molecular formula is C37H28ClN5O. The summed E-state index contributed by atoms with van der Waals surface area (Å²) in [6.07, 6.45) is 3.43. The predicted octanol–water partition coefficient (Wildman–Crippen LogP) is 8.03. The summed E-state index contributed by atoms with van der Waals surface area (Å²) in [7, 11) is 0. The molecule has 6 nitrogen and oxygen atoms in total. The largest absolute Gasteiger partial charge is 0.318 e. The first-order chi connectivity index (χ1) is 21.6. The second kappa shape index (κ2) is 11.7. The summed E-state index contributed by atoms with van der Waals surface area (Å²) in [6.45, 7) is 0.487. The second-order valence-electron chi connectivity index (χ2n) is 10.6. The summed E-state index contributed by atoms with van der Waals surface area (Å²) in [5, 5.41) is 14.0. The monoisotopic (exact) mass is 593 g/mol. The minimum atomic E-state index is -0.859. The van der Waals surface area contributed by atoms with Crippen LogP contribution < -0.4 is 5.32 Å². The molecule has 0 aliphatic carbocycles. The lowest BCUT2D eigenvalue weighted by Crippen LogP contribution is -2.38. The predicted molar refractivity (Wildman–Crippen MR) is 175 cm³/mol. The van der Waals surface area contributed by atoms with E-state index in [2.05, 4.69) is 46.8 Å². The summed E-state index contributed by atoms with van der Waals surface area (Å²) in [5.41, 5.74) is 4.90. The number of hydrogen-bond acceptors (Lipinski definition) is 3. The number of aromatic nitrogens is 4. The molecule has 0 atom stereocenters. The van der Waals surface area contributed by atoms with Gasteiger partial charge in [0, 0.05) is 16.6 Å². The molecule has 214 valence electrons. The third-order valence-electron chi connectivity index (χ3n) is 7.88. The fourth-order valence-corrected chi connectivity index (χ4v) is 6.10. The SMILES string of the molecule is O=C(Nc1cnn(Cc2ccccc2Cl)c1)c1nn(C(c2ccccc2)(c2ccccc2)c2ccccc2)c2ccccc12. The molecule has 0 bridgehead atoms. The maximum atomic E-state index is 14.0. The highest BCUT2D eigenvalue weighted by Crippen LogP contribution is 2.42. The van der Waals surface area contributed by atoms with E-state index in [4.69, 9.17) is 16.7 Å². The molecule has 7 heteroatoms. The Labute approximate surface area is 260 Å². The van der Waals surface area contributed by atoms with Crippen LogP contribution in [0, 0.1) is 0 Å². The molecule has 0 saturated carbocycles. The fraction of sp³-hybridized carbons (Fsp3) is 0.0541. The van der Waals surface area contributed by atoms with Gasteiger partial charge in [0.05, 0.1) is 23.9 Å². The number of carbonyl (C=O) groups is 1. The van der Waals surface area contributed by atoms with Crippen LogP contribution in [0.5, 0.6) is 0 Å². The van der Waals surface area contributed by atoms with Gasteiger partial charge in [0.25, 0.3) is 5.91 Å². The molecule has 7 rings (SSSR count). The van der Waals surface area contributed by atoms with Crippen molar-refractivity contribution >= 4 is 34.1 Å². The normalized spacial score (nSPS) is 11.5. The van der Waals surface area contributed by atoms with Crippen molar-refractivity contribution in [3.05, 3.63) is 185 Å². The molecule has 0 fully saturated rings. The molecule has 5 aromatic carbocycles. The Kier molecular flexibility index (Phi) is 7.26. The Morgan fingerprint density at radius 2 is 1.25 bits per heavy atom. The summed E-state index contributed by atoms with van der Waals surface area (Å²) >= 11 is 6.35. The lowest BCUT2D eigenvalue weighted by Gasteiger charge is -2.37. The average Bonchev–Trinajstić information content (AvgIpc) is 3.69. The van der Waals surface area contributed by atoms with Crippen molar-refractivity contribution in [2.24, 2.45) is 0 Å². The van der Waals surface area contributed by atoms with Gasteiger partial charge in [-0.3, -0.25) is 9.48 Å². The number of benzene rings is 5. The standard InChI is InChI=1S/C37H28ClN5O/c38-33-22-12-10-14-27(33)25-42-26-31(24-39-42)40-36(44)35-32-21-11-13-23-34(32)43(41-35)37(28-15-4-1-5-16-28,29-17-6-2-7-18-29)30-19-8-3-9-20-30/h1-24,26H,25H2,(H,40,44). The minimum absolute atomic E-state index is 0.319. The van der Waals surface area contributed by atoms with Crippen molar-refractivity contribution in [2.75, 3.05) is 5.32 Å². The highest BCUT2D eigenvalue weighted by molar-refractivity contribution is 6.31. The zero-order chi connectivity index (χ0) is 29.9. The average molecular weight is 594 g/mol. The van der Waals surface area contributed by atoms with Crippen LogP contribution >= 0.6 is 11.6 Å². The van der Waals surface area contributed by atoms with Gasteiger partial charge in [-0.15, -0.1) is 0 Å². The molecule has 0 aliphatic heterocycles. The molecule has 7 aromatic rings. The van der Waals surface area contributed by atoms with Gasteiger partial charge < -0.3 is 5.32 Å². The summed E-state index contributed by atoms with van der Waals surface area (Å²) in [6, 6.07) is 46.5. The van der Waals surface area contributed by atoms with E-state index >= 15 is 0 Å². The number of hydrogen-bond donors (Lipinski definition) is 1. The van der Waals surface area contributed by atoms with E-state index < -0.39 is 5.54 Å². The maximum absolute atomic E-state index is 14.0. The van der Waals surface area contributed by atoms with Crippen LogP contribution in [0.25, 0.3) is 10.9 Å². The molecule has 44 heavy (non-hydrogen) atoms. The molecule has 1 N–H and O–H groups in total. The third-order valence-corrected chi connectivity index (χ3v) is 8.24. The van der Waals surface area contributed by atoms with Crippen LogP contribution in [-0.2, 0) is 12.1 Å². The molecule has 0 radical (unpaired) electrons. The highest BCUT2D eigenvalue weighted by Gasteiger charge is 2.41. The topological polar surface area (TPSA) is 64.7 Å². The number of para-hydroxylation sites is 1. The number of anilines is 1. The summed E-state index contributed by atoms with van der Waals surface area (Å²) < 4.78 is 3.75. The minimum Gasteiger partial charge on any atom is -0.318 e. The van der Waals surface area contributed by atoms with E-state index in [-0.39, 0.29) is 5.91 Å². The Bertz CT molecular complexity index is 1960. The lowest BCUT2D eigenvalue weighted by molar-refractivity contribution is 0.102. The van der Waals surface area contributed by atoms with Crippen LogP contribution in [0.2, 0.25) is 5.02 Å². The van der Waals surface area contributed by atoms with Crippen LogP contribution in [0.1, 0.15) is 32.7 Å². The van der Waals surface area contributed by atoms with Crippen LogP contribution in [0.15, 0.2) is 152 Å². The molecule has 0 saturated heterocycles. The van der Waals surface area contributed by atoms with Crippen molar-refractivity contribution in [3.8, 4) is 0 Å². The number of nitrogens with one attached hydrogen (secondary N) is 1. The molecule has 2 heterocycles. The van der Waals surface area contributed by atoms with Crippen LogP contribution in [-0.4, -0.2) is 25.5 Å². The molecule has 0 unspecified atom stereocenters. The fourth-order valence-electron chi connectivity index (χ4n) is 5.90. The Morgan fingerprint density at radius 3 is 1.86 bits per heavy atom. The number of fused-ring (bicyclic) bond motifs is 1. The van der Waals surface area contributed by atoms with Gasteiger partial charge in [-0.1, -0.05) is 139 Å². The van der Waals surface area contributed by atoms with Crippen molar-refractivity contribution < 1.29 is 4.79 Å². The highest BCUT2D eigenvalue weighted by atomic mass is 35.5. The quantitative estimate of drug-likeness (QED) is 0.181. The zero-order valence-corrected chi connectivity index (χ0v) is 24.5. The number of carbonyl (C=O) groups excluding carboxylic acids is 1. The Hall–Kier alpha value is -5.46. The van der Waals surface area contributed by atoms with Gasteiger partial charge in [-0.2, -0.15) is 10.2 Å². The van der Waals surface area contributed by atoms with E-state index in [1.165, 1.54) is 0 Å². The number of nitrogens with zero attached hydrogens (tertiary/aromatic N) is 4. The Morgan fingerprint density at radius 1 is 0.705 bits per heavy atom. The van der Waals surface area contributed by atoms with Gasteiger partial charge in [-0.25, -0.2) is 4.68 Å². The van der Waals surface area contributed by atoms with Crippen LogP contribution in [0.4, 0.5) is 5.69 Å². The van der Waals surface area contributed by atoms with Gasteiger partial charge in [0.1, 0.15) is 5.54 Å². The van der Waals surface area contributed by atoms with Gasteiger partial charge in [0.2, 0.25) is 0 Å². The number of amides is 1. The van der Waals surface area contributed by atoms with Crippen molar-refractivity contribution in [3.63, 3.8) is 0 Å². The summed E-state index contributed by atoms with van der Waals surface area (Å²) in [4.78, 5) is 14.0. The first-order valence-electron chi connectivity index (χ1n) is 14.4. The molecular weight excluding hydrogens is 566 g/mol. The lowest BCUT2D eigenvalue weighted by atomic mass is 9.77. The smallest absolute Gasteiger partial charge is 0.276 e. The number of halogens is 1. The second-order valence-corrected chi connectivity index (χ2v) is 11.0. The van der Waals surface area contributed by atoms with E-state index in [1.54, 1.807) is 17.1 Å². The third kappa shape index (κ3) is 4.85. The van der Waals surface area contributed by atoms with Crippen molar-refractivity contribution in [1.82, 2.24) is 19.6 Å². The molecule has 0 spiro atoms. The van der Waals surface area contributed by atoms with Gasteiger partial charge >= 0.3 is 0 Å². The first-order valence-corrected chi connectivity index (χ1v) is 14.7. The van der Waals surface area contributed by atoms with E-state index in [0.29, 0.717) is 22.9 Å². The van der Waals surface area contributed by atoms with Crippen LogP contribution in [0.3, 0.4) is 0 Å². The van der Waals surface area contributed by atoms with Gasteiger partial charge in [0.15, 0.2) is 5.69 Å². The van der Waals surface area contributed by atoms with E-state index in [9.17, 15) is 4.79 Å². The molecule has 2 aromatic heterocycles. The molecule has 0 aliphatic rings. The van der Waals surface area contributed by atoms with E-state index in [1.807, 2.05) is 108 Å².